The Morgan fingerprint density at radius 2 is 1.53 bits per heavy atom. The number of aromatic amines is 1. The molecule has 1 atom stereocenters. The summed E-state index contributed by atoms with van der Waals surface area (Å²) in [6, 6.07) is 23.7. The first kappa shape index (κ1) is 67.7. The third-order valence-corrected chi connectivity index (χ3v) is 19.0. The van der Waals surface area contributed by atoms with Crippen molar-refractivity contribution in [3.05, 3.63) is 176 Å². The molecule has 1 aliphatic carbocycles. The molecule has 3 aliphatic rings. The zero-order valence-electron chi connectivity index (χ0n) is 53.0. The van der Waals surface area contributed by atoms with E-state index in [9.17, 15) is 45.1 Å². The highest BCUT2D eigenvalue weighted by molar-refractivity contribution is 7.86. The van der Waals surface area contributed by atoms with E-state index in [0.717, 1.165) is 96.5 Å². The molecule has 6 aromatic rings. The Hall–Kier alpha value is -8.64. The van der Waals surface area contributed by atoms with Gasteiger partial charge in [-0.3, -0.25) is 33.3 Å². The molecule has 9 rings (SSSR count). The predicted octanol–water partition coefficient (Wildman–Crippen LogP) is 12.0. The second kappa shape index (κ2) is 29.3. The van der Waals surface area contributed by atoms with E-state index in [0.29, 0.717) is 92.8 Å². The molecule has 2 aromatic heterocycles. The van der Waals surface area contributed by atoms with E-state index in [1.54, 1.807) is 36.4 Å². The van der Waals surface area contributed by atoms with Crippen LogP contribution in [0.5, 0.6) is 5.75 Å². The van der Waals surface area contributed by atoms with Crippen LogP contribution in [0.2, 0.25) is 0 Å². The Morgan fingerprint density at radius 1 is 0.815 bits per heavy atom. The number of hydrogen-bond acceptors (Lipinski definition) is 16. The number of fused-ring (bicyclic) bond motifs is 3. The molecule has 486 valence electrons. The van der Waals surface area contributed by atoms with Crippen LogP contribution in [-0.2, 0) is 51.9 Å². The minimum atomic E-state index is -4.45. The summed E-state index contributed by atoms with van der Waals surface area (Å²) in [7, 11) is -8.91. The van der Waals surface area contributed by atoms with Crippen LogP contribution in [0, 0.1) is 6.92 Å². The zero-order valence-corrected chi connectivity index (χ0v) is 54.6. The topological polar surface area (TPSA) is 306 Å². The number of nitrogens with two attached hydrogens (primary N) is 1. The summed E-state index contributed by atoms with van der Waals surface area (Å²) in [6.45, 7) is 14.8. The van der Waals surface area contributed by atoms with Gasteiger partial charge in [0.2, 0.25) is 11.6 Å². The first-order valence-electron chi connectivity index (χ1n) is 31.4. The lowest BCUT2D eigenvalue weighted by atomic mass is 9.81. The standard InChI is InChI=1S/C69H81N9O12S2/c1-7-8-14-38-77-58-35-33-54(92(86,87)88)41-56(58)69(5,6)60(77)37-26-47-18-16-17-46(63(47)90-52-29-31-53(32-30-52)91(83,84)85)25-36-59-68(3,4)55-40-45(2)22-34-57(55)78(59)39-15-10-12-20-51(80)19-11-9-13-21-61(89-44-79)74-65(81)48-23-27-49(28-24-48)71-42-50-43-72-64-62(73-50)66(82)76-67(70)75-64/h22-37,40-41,43-44,61H,7-21,38-39,42H2,1-6H3,(H6-,70,71,72,74,75,76,81,82,83,84,85,86,87,88)/p+1/t61-/m1/s1. The largest absolute Gasteiger partial charge is 0.457 e. The normalized spacial score (nSPS) is 16.5. The molecule has 4 heterocycles. The number of carbonyl (C=O) groups excluding carboxylic acids is 3. The smallest absolute Gasteiger partial charge is 0.295 e. The van der Waals surface area contributed by atoms with Gasteiger partial charge < -0.3 is 30.7 Å². The number of allylic oxidation sites excluding steroid dienone is 7. The number of H-pyrrole nitrogens is 1. The second-order valence-electron chi connectivity index (χ2n) is 24.7. The molecule has 0 radical (unpaired) electrons. The van der Waals surface area contributed by atoms with Crippen molar-refractivity contribution >= 4 is 78.3 Å². The molecule has 4 aromatic carbocycles. The highest BCUT2D eigenvalue weighted by atomic mass is 32.2. The van der Waals surface area contributed by atoms with Crippen molar-refractivity contribution in [2.45, 2.75) is 171 Å². The third-order valence-electron chi connectivity index (χ3n) is 17.3. The van der Waals surface area contributed by atoms with Crippen molar-refractivity contribution < 1.29 is 54.4 Å². The minimum Gasteiger partial charge on any atom is -0.457 e. The Kier molecular flexibility index (Phi) is 21.6. The van der Waals surface area contributed by atoms with Crippen LogP contribution in [0.3, 0.4) is 0 Å². The van der Waals surface area contributed by atoms with E-state index in [4.69, 9.17) is 15.2 Å². The van der Waals surface area contributed by atoms with Crippen LogP contribution in [0.4, 0.5) is 23.0 Å². The number of carbonyl (C=O) groups is 3. The van der Waals surface area contributed by atoms with Gasteiger partial charge in [0.15, 0.2) is 23.1 Å². The van der Waals surface area contributed by atoms with Gasteiger partial charge in [-0.25, -0.2) is 9.97 Å². The summed E-state index contributed by atoms with van der Waals surface area (Å²) in [6.07, 6.45) is 19.9. The van der Waals surface area contributed by atoms with Gasteiger partial charge in [0.1, 0.15) is 23.8 Å². The van der Waals surface area contributed by atoms with Gasteiger partial charge in [-0.2, -0.15) is 26.4 Å². The number of aromatic nitrogens is 4. The lowest BCUT2D eigenvalue weighted by Gasteiger charge is -2.27. The first-order chi connectivity index (χ1) is 43.8. The number of ether oxygens (including phenoxy) is 2. The van der Waals surface area contributed by atoms with Crippen molar-refractivity contribution in [1.29, 1.82) is 0 Å². The summed E-state index contributed by atoms with van der Waals surface area (Å²) in [5, 5.41) is 5.96. The number of nitrogen functional groups attached to an aromatic ring is 1. The Balaban J connectivity index is 0.823. The second-order valence-corrected chi connectivity index (χ2v) is 27.6. The fraction of sp³-hybridized carbons (Fsp3) is 0.391. The number of aryl methyl sites for hydroxylation is 1. The highest BCUT2D eigenvalue weighted by Crippen LogP contribution is 2.49. The fourth-order valence-electron chi connectivity index (χ4n) is 12.3. The Morgan fingerprint density at radius 3 is 2.24 bits per heavy atom. The van der Waals surface area contributed by atoms with Crippen molar-refractivity contribution in [2.24, 2.45) is 0 Å². The molecule has 21 nitrogen and oxygen atoms in total. The van der Waals surface area contributed by atoms with E-state index < -0.39 is 43.3 Å². The van der Waals surface area contributed by atoms with Crippen LogP contribution in [-0.4, -0.2) is 93.6 Å². The minimum absolute atomic E-state index is 0.0491. The molecule has 92 heavy (non-hydrogen) atoms. The average molecular weight is 1290 g/mol. The number of rotatable bonds is 30. The zero-order chi connectivity index (χ0) is 66.0. The van der Waals surface area contributed by atoms with Crippen molar-refractivity contribution in [3.63, 3.8) is 0 Å². The molecule has 2 aliphatic heterocycles. The number of Topliss-reactive ketones (excluding diaryl/α,β-unsaturated/α-hetero) is 1. The van der Waals surface area contributed by atoms with Crippen LogP contribution in [0.25, 0.3) is 11.2 Å². The molecule has 0 saturated heterocycles. The lowest BCUT2D eigenvalue weighted by Crippen LogP contribution is -2.36. The van der Waals surface area contributed by atoms with E-state index in [2.05, 4.69) is 124 Å². The number of benzene rings is 4. The number of ketones is 1. The van der Waals surface area contributed by atoms with Crippen molar-refractivity contribution in [2.75, 3.05) is 29.0 Å². The molecular weight excluding hydrogens is 1210 g/mol. The molecule has 1 amide bonds. The number of unbranched alkanes of at least 4 members (excludes halogenated alkanes) is 6. The molecule has 23 heteroatoms. The number of nitrogens with one attached hydrogen (secondary N) is 3. The summed E-state index contributed by atoms with van der Waals surface area (Å²) in [4.78, 5) is 66.9. The molecule has 0 fully saturated rings. The van der Waals surface area contributed by atoms with Crippen LogP contribution in [0.15, 0.2) is 153 Å². The quantitative estimate of drug-likeness (QED) is 0.00802. The predicted molar refractivity (Wildman–Crippen MR) is 354 cm³/mol. The van der Waals surface area contributed by atoms with Crippen LogP contribution < -0.4 is 31.6 Å². The molecular formula is C69H82N9O12S2+. The van der Waals surface area contributed by atoms with E-state index in [1.807, 2.05) is 0 Å². The van der Waals surface area contributed by atoms with Gasteiger partial charge in [-0.05, 0) is 168 Å². The SMILES string of the molecule is CCCCC[N+]1=C(C=CC2=C(Oc3ccc(S(=O)(=O)O)cc3)C(=CC=C3N(CCCCCC(=O)CCCCC[C@H](NC(=O)c4ccc(NCc5cnc6nc(N)[nH]c(=O)c6n5)cc4)OC=O)c4ccc(C)cc4C3(C)C)CCC2)C(C)(C)c2cc(S(=O)(=O)O)ccc21. The number of nitrogens with zero attached hydrogens (tertiary/aromatic N) is 5. The summed E-state index contributed by atoms with van der Waals surface area (Å²) in [5.41, 5.74) is 14.9. The highest BCUT2D eigenvalue weighted by Gasteiger charge is 2.45. The van der Waals surface area contributed by atoms with Crippen molar-refractivity contribution in [3.8, 4) is 5.75 Å². The van der Waals surface area contributed by atoms with E-state index in [1.165, 1.54) is 42.1 Å². The fourth-order valence-corrected chi connectivity index (χ4v) is 13.3. The molecule has 0 unspecified atom stereocenters. The molecule has 7 N–H and O–H groups in total. The van der Waals surface area contributed by atoms with Gasteiger partial charge in [-0.15, -0.1) is 0 Å². The Labute approximate surface area is 537 Å². The number of anilines is 3. The monoisotopic (exact) mass is 1290 g/mol. The maximum Gasteiger partial charge on any atom is 0.295 e. The van der Waals surface area contributed by atoms with Crippen LogP contribution in [0.1, 0.15) is 164 Å². The molecule has 0 saturated carbocycles. The van der Waals surface area contributed by atoms with E-state index >= 15 is 0 Å². The molecule has 0 spiro atoms. The summed E-state index contributed by atoms with van der Waals surface area (Å²) >= 11 is 0. The van der Waals surface area contributed by atoms with Gasteiger partial charge in [0, 0.05) is 78.0 Å². The first-order valence-corrected chi connectivity index (χ1v) is 34.2. The van der Waals surface area contributed by atoms with Crippen molar-refractivity contribution in [1.82, 2.24) is 25.3 Å². The van der Waals surface area contributed by atoms with Crippen LogP contribution >= 0.6 is 0 Å². The van der Waals surface area contributed by atoms with Gasteiger partial charge in [0.25, 0.3) is 38.2 Å². The van der Waals surface area contributed by atoms with E-state index in [-0.39, 0.29) is 44.6 Å². The average Bonchev–Trinajstić information content (AvgIpc) is 1.59. The maximum absolute atomic E-state index is 13.2. The number of hydrogen-bond donors (Lipinski definition) is 6. The lowest BCUT2D eigenvalue weighted by molar-refractivity contribution is -0.438. The molecule has 0 bridgehead atoms. The Bertz CT molecular complexity index is 4210. The van der Waals surface area contributed by atoms with Gasteiger partial charge in [-0.1, -0.05) is 63.8 Å². The third kappa shape index (κ3) is 16.3. The van der Waals surface area contributed by atoms with Gasteiger partial charge in [0.05, 0.1) is 33.6 Å². The summed E-state index contributed by atoms with van der Waals surface area (Å²) < 4.78 is 82.9. The van der Waals surface area contributed by atoms with Gasteiger partial charge >= 0.3 is 0 Å². The number of amides is 1. The summed E-state index contributed by atoms with van der Waals surface area (Å²) in [5.74, 6) is 0.726. The maximum atomic E-state index is 13.2.